The molecular formula is C16H15N3O2S2. The summed E-state index contributed by atoms with van der Waals surface area (Å²) in [6, 6.07) is 10.9. The molecular weight excluding hydrogens is 330 g/mol. The van der Waals surface area contributed by atoms with Gasteiger partial charge in [0.2, 0.25) is 0 Å². The SMILES string of the molecule is O=C(OCc1ccccn1)[C@@H]1CSC(SCc2ccccn2)=N1. The Bertz CT molecular complexity index is 680. The lowest BCUT2D eigenvalue weighted by Gasteiger charge is -2.06. The lowest BCUT2D eigenvalue weighted by atomic mass is 10.3. The van der Waals surface area contributed by atoms with Gasteiger partial charge >= 0.3 is 5.97 Å². The number of thioether (sulfide) groups is 2. The van der Waals surface area contributed by atoms with E-state index in [1.165, 1.54) is 0 Å². The van der Waals surface area contributed by atoms with Crippen LogP contribution in [-0.4, -0.2) is 32.1 Å². The van der Waals surface area contributed by atoms with Crippen molar-refractivity contribution < 1.29 is 9.53 Å². The average Bonchev–Trinajstić information content (AvgIpc) is 3.09. The fraction of sp³-hybridized carbons (Fsp3) is 0.250. The number of nitrogens with zero attached hydrogens (tertiary/aromatic N) is 3. The molecule has 1 aliphatic rings. The second-order valence-electron chi connectivity index (χ2n) is 4.76. The third-order valence-corrected chi connectivity index (χ3v) is 5.39. The van der Waals surface area contributed by atoms with E-state index in [9.17, 15) is 4.79 Å². The van der Waals surface area contributed by atoms with Crippen LogP contribution in [0.25, 0.3) is 0 Å². The molecule has 7 heteroatoms. The summed E-state index contributed by atoms with van der Waals surface area (Å²) >= 11 is 3.19. The average molecular weight is 345 g/mol. The van der Waals surface area contributed by atoms with Crippen LogP contribution in [0.3, 0.4) is 0 Å². The van der Waals surface area contributed by atoms with Crippen molar-refractivity contribution in [1.29, 1.82) is 0 Å². The lowest BCUT2D eigenvalue weighted by Crippen LogP contribution is -2.21. The Hall–Kier alpha value is -1.86. The van der Waals surface area contributed by atoms with E-state index in [0.29, 0.717) is 5.75 Å². The molecule has 0 unspecified atom stereocenters. The van der Waals surface area contributed by atoms with Crippen LogP contribution in [0.2, 0.25) is 0 Å². The molecule has 0 saturated carbocycles. The van der Waals surface area contributed by atoms with Gasteiger partial charge in [0.1, 0.15) is 11.0 Å². The summed E-state index contributed by atoms with van der Waals surface area (Å²) < 4.78 is 6.19. The second kappa shape index (κ2) is 8.12. The van der Waals surface area contributed by atoms with Crippen molar-refractivity contribution in [1.82, 2.24) is 9.97 Å². The number of aromatic nitrogens is 2. The highest BCUT2D eigenvalue weighted by molar-refractivity contribution is 8.38. The molecule has 0 radical (unpaired) electrons. The molecule has 23 heavy (non-hydrogen) atoms. The highest BCUT2D eigenvalue weighted by Crippen LogP contribution is 2.28. The Morgan fingerprint density at radius 1 is 1.17 bits per heavy atom. The van der Waals surface area contributed by atoms with Gasteiger partial charge in [-0.3, -0.25) is 15.0 Å². The molecule has 3 heterocycles. The number of hydrogen-bond acceptors (Lipinski definition) is 7. The number of esters is 1. The van der Waals surface area contributed by atoms with Gasteiger partial charge in [0.25, 0.3) is 0 Å². The molecule has 1 aliphatic heterocycles. The highest BCUT2D eigenvalue weighted by atomic mass is 32.2. The Balaban J connectivity index is 1.47. The van der Waals surface area contributed by atoms with Crippen molar-refractivity contribution in [3.63, 3.8) is 0 Å². The molecule has 0 saturated heterocycles. The van der Waals surface area contributed by atoms with Crippen molar-refractivity contribution in [3.05, 3.63) is 60.2 Å². The maximum absolute atomic E-state index is 12.0. The molecule has 0 N–H and O–H groups in total. The molecule has 118 valence electrons. The van der Waals surface area contributed by atoms with Crippen LogP contribution in [0.4, 0.5) is 0 Å². The smallest absolute Gasteiger partial charge is 0.332 e. The summed E-state index contributed by atoms with van der Waals surface area (Å²) in [5.41, 5.74) is 1.74. The Morgan fingerprint density at radius 2 is 1.91 bits per heavy atom. The van der Waals surface area contributed by atoms with Gasteiger partial charge < -0.3 is 4.74 Å². The maximum Gasteiger partial charge on any atom is 0.332 e. The monoisotopic (exact) mass is 345 g/mol. The number of pyridine rings is 2. The Labute approximate surface area is 143 Å². The molecule has 5 nitrogen and oxygen atoms in total. The van der Waals surface area contributed by atoms with Crippen LogP contribution in [-0.2, 0) is 21.9 Å². The zero-order chi connectivity index (χ0) is 15.9. The summed E-state index contributed by atoms with van der Waals surface area (Å²) in [6.07, 6.45) is 3.45. The third-order valence-electron chi connectivity index (χ3n) is 3.06. The van der Waals surface area contributed by atoms with E-state index in [4.69, 9.17) is 4.74 Å². The van der Waals surface area contributed by atoms with Crippen LogP contribution in [0, 0.1) is 0 Å². The first-order valence-corrected chi connectivity index (χ1v) is 9.08. The maximum atomic E-state index is 12.0. The molecule has 0 spiro atoms. The van der Waals surface area contributed by atoms with Gasteiger partial charge in [-0.1, -0.05) is 35.7 Å². The van der Waals surface area contributed by atoms with Gasteiger partial charge in [-0.05, 0) is 24.3 Å². The molecule has 0 fully saturated rings. The van der Waals surface area contributed by atoms with E-state index in [-0.39, 0.29) is 12.6 Å². The molecule has 0 amide bonds. The van der Waals surface area contributed by atoms with E-state index in [1.54, 1.807) is 35.9 Å². The first-order chi connectivity index (χ1) is 11.3. The minimum absolute atomic E-state index is 0.187. The van der Waals surface area contributed by atoms with E-state index in [0.717, 1.165) is 21.5 Å². The fourth-order valence-electron chi connectivity index (χ4n) is 1.90. The third kappa shape index (κ3) is 4.80. The van der Waals surface area contributed by atoms with Gasteiger partial charge in [-0.2, -0.15) is 0 Å². The lowest BCUT2D eigenvalue weighted by molar-refractivity contribution is -0.145. The molecule has 0 aromatic carbocycles. The first kappa shape index (κ1) is 16.0. The van der Waals surface area contributed by atoms with Crippen molar-refractivity contribution in [2.24, 2.45) is 4.99 Å². The Morgan fingerprint density at radius 3 is 2.61 bits per heavy atom. The largest absolute Gasteiger partial charge is 0.458 e. The van der Waals surface area contributed by atoms with Crippen molar-refractivity contribution in [2.45, 2.75) is 18.4 Å². The Kier molecular flexibility index (Phi) is 5.65. The summed E-state index contributed by atoms with van der Waals surface area (Å²) in [7, 11) is 0. The van der Waals surface area contributed by atoms with Crippen LogP contribution in [0.5, 0.6) is 0 Å². The van der Waals surface area contributed by atoms with Gasteiger partial charge in [-0.25, -0.2) is 4.79 Å². The van der Waals surface area contributed by atoms with Crippen molar-refractivity contribution in [2.75, 3.05) is 5.75 Å². The van der Waals surface area contributed by atoms with Gasteiger partial charge in [0.15, 0.2) is 6.04 Å². The van der Waals surface area contributed by atoms with Crippen LogP contribution in [0.1, 0.15) is 11.4 Å². The summed E-state index contributed by atoms with van der Waals surface area (Å²) in [6.45, 7) is 0.187. The summed E-state index contributed by atoms with van der Waals surface area (Å²) in [5.74, 6) is 1.09. The van der Waals surface area contributed by atoms with Gasteiger partial charge in [0, 0.05) is 23.9 Å². The van der Waals surface area contributed by atoms with Crippen molar-refractivity contribution in [3.8, 4) is 0 Å². The first-order valence-electron chi connectivity index (χ1n) is 7.11. The van der Waals surface area contributed by atoms with E-state index in [1.807, 2.05) is 36.4 Å². The number of carbonyl (C=O) groups is 1. The number of hydrogen-bond donors (Lipinski definition) is 0. The highest BCUT2D eigenvalue weighted by Gasteiger charge is 2.26. The number of ether oxygens (including phenoxy) is 1. The topological polar surface area (TPSA) is 64.4 Å². The predicted octanol–water partition coefficient (Wildman–Crippen LogP) is 2.92. The molecule has 0 bridgehead atoms. The molecule has 2 aromatic heterocycles. The quantitative estimate of drug-likeness (QED) is 0.777. The second-order valence-corrected chi connectivity index (χ2v) is 6.99. The molecule has 1 atom stereocenters. The minimum Gasteiger partial charge on any atom is -0.458 e. The zero-order valence-electron chi connectivity index (χ0n) is 12.3. The van der Waals surface area contributed by atoms with E-state index in [2.05, 4.69) is 15.0 Å². The van der Waals surface area contributed by atoms with E-state index >= 15 is 0 Å². The number of rotatable bonds is 5. The van der Waals surface area contributed by atoms with Crippen molar-refractivity contribution >= 4 is 33.9 Å². The standard InChI is InChI=1S/C16H15N3O2S2/c20-15(21-9-12-5-1-3-7-17-12)14-11-23-16(19-14)22-10-13-6-2-4-8-18-13/h1-8,14H,9-11H2/t14-/m0/s1. The molecule has 2 aromatic rings. The molecule has 3 rings (SSSR count). The number of aliphatic imine (C=N–C) groups is 1. The van der Waals surface area contributed by atoms with Crippen LogP contribution in [0.15, 0.2) is 53.8 Å². The summed E-state index contributed by atoms with van der Waals surface area (Å²) in [4.78, 5) is 24.9. The fourth-order valence-corrected chi connectivity index (χ4v) is 3.97. The number of carbonyl (C=O) groups excluding carboxylic acids is 1. The van der Waals surface area contributed by atoms with Crippen LogP contribution < -0.4 is 0 Å². The van der Waals surface area contributed by atoms with Crippen LogP contribution >= 0.6 is 23.5 Å². The normalized spacial score (nSPS) is 16.9. The molecule has 0 aliphatic carbocycles. The predicted molar refractivity (Wildman–Crippen MR) is 93.2 cm³/mol. The van der Waals surface area contributed by atoms with E-state index < -0.39 is 6.04 Å². The minimum atomic E-state index is -0.421. The zero-order valence-corrected chi connectivity index (χ0v) is 13.9. The van der Waals surface area contributed by atoms with Gasteiger partial charge in [-0.15, -0.1) is 0 Å². The summed E-state index contributed by atoms with van der Waals surface area (Å²) in [5, 5.41) is 0. The van der Waals surface area contributed by atoms with Gasteiger partial charge in [0.05, 0.1) is 11.4 Å².